The van der Waals surface area contributed by atoms with E-state index < -0.39 is 0 Å². The summed E-state index contributed by atoms with van der Waals surface area (Å²) in [7, 11) is 0. The van der Waals surface area contributed by atoms with E-state index in [9.17, 15) is 0 Å². The second-order valence-corrected chi connectivity index (χ2v) is 6.53. The van der Waals surface area contributed by atoms with E-state index in [1.165, 1.54) is 0 Å². The first-order chi connectivity index (χ1) is 12.3. The van der Waals surface area contributed by atoms with Gasteiger partial charge in [0, 0.05) is 22.1 Å². The van der Waals surface area contributed by atoms with E-state index in [-0.39, 0.29) is 0 Å². The Morgan fingerprint density at radius 3 is 1.72 bits per heavy atom. The molecule has 0 aromatic carbocycles. The maximum absolute atomic E-state index is 4.72. The zero-order valence-corrected chi connectivity index (χ0v) is 13.4. The molecule has 6 rings (SSSR count). The number of rotatable bonds is 0. The topological polar surface area (TPSA) is 34.6 Å². The lowest BCUT2D eigenvalue weighted by Crippen LogP contribution is -2.31. The molecule has 0 N–H and O–H groups in total. The van der Waals surface area contributed by atoms with Crippen molar-refractivity contribution in [1.29, 1.82) is 0 Å². The minimum Gasteiger partial charge on any atom is -0.323 e. The lowest BCUT2D eigenvalue weighted by atomic mass is 10.3. The predicted octanol–water partition coefficient (Wildman–Crippen LogP) is 2.09. The molecule has 0 fully saturated rings. The summed E-state index contributed by atoms with van der Waals surface area (Å²) in [4.78, 5) is 9.43. The average Bonchev–Trinajstić information content (AvgIpc) is 3.37. The van der Waals surface area contributed by atoms with Crippen LogP contribution in [0.2, 0.25) is 0 Å². The van der Waals surface area contributed by atoms with Crippen LogP contribution in [0.15, 0.2) is 69.9 Å². The fourth-order valence-corrected chi connectivity index (χ4v) is 3.69. The molecule has 4 nitrogen and oxygen atoms in total. The van der Waals surface area contributed by atoms with Gasteiger partial charge in [0.05, 0.1) is 29.5 Å². The van der Waals surface area contributed by atoms with E-state index >= 15 is 0 Å². The molecule has 0 saturated heterocycles. The van der Waals surface area contributed by atoms with Crippen LogP contribution in [0.25, 0.3) is 24.3 Å². The van der Waals surface area contributed by atoms with E-state index in [2.05, 4.69) is 82.0 Å². The standard InChI is InChI=1S/C21H14N4/c1-2-15-10-19-7-8-21-12-17-4-3-16(23-17)11-20-6-5-18(9-14(1)22-15)24(20)13-25(19)21/h1-12H,13H2/b14-9-,15-10?,16-11-,17-12?,18-9?,19-10-,20-11?,21-12-. The molecule has 25 heavy (non-hydrogen) atoms. The van der Waals surface area contributed by atoms with Gasteiger partial charge in [-0.05, 0) is 72.9 Å². The number of aromatic nitrogens is 2. The summed E-state index contributed by atoms with van der Waals surface area (Å²) < 4.78 is 4.63. The van der Waals surface area contributed by atoms with Crippen LogP contribution in [0.5, 0.6) is 0 Å². The summed E-state index contributed by atoms with van der Waals surface area (Å²) in [5.74, 6) is 0. The lowest BCUT2D eigenvalue weighted by Gasteiger charge is -2.14. The average molecular weight is 322 g/mol. The Labute approximate surface area is 144 Å². The molecule has 0 aliphatic carbocycles. The zero-order chi connectivity index (χ0) is 16.4. The molecule has 0 saturated carbocycles. The van der Waals surface area contributed by atoms with Gasteiger partial charge in [-0.2, -0.15) is 0 Å². The van der Waals surface area contributed by atoms with Crippen LogP contribution in [0.1, 0.15) is 11.4 Å². The second kappa shape index (κ2) is 4.57. The molecule has 0 atom stereocenters. The molecule has 4 heteroatoms. The lowest BCUT2D eigenvalue weighted by molar-refractivity contribution is 0.582. The van der Waals surface area contributed by atoms with Gasteiger partial charge in [-0.1, -0.05) is 0 Å². The van der Waals surface area contributed by atoms with Crippen LogP contribution < -0.4 is 10.7 Å². The van der Waals surface area contributed by atoms with Crippen molar-refractivity contribution in [2.45, 2.75) is 6.67 Å². The monoisotopic (exact) mass is 322 g/mol. The molecule has 4 aliphatic rings. The first-order valence-electron chi connectivity index (χ1n) is 8.37. The van der Waals surface area contributed by atoms with Crippen LogP contribution in [-0.2, 0) is 6.67 Å². The zero-order valence-electron chi connectivity index (χ0n) is 13.4. The maximum Gasteiger partial charge on any atom is 0.0999 e. The normalized spacial score (nSPS) is 25.6. The highest BCUT2D eigenvalue weighted by Crippen LogP contribution is 2.22. The minimum atomic E-state index is 0.760. The molecule has 4 aliphatic heterocycles. The van der Waals surface area contributed by atoms with Crippen LogP contribution in [0, 0.1) is 0 Å². The quantitative estimate of drug-likeness (QED) is 0.712. The Kier molecular flexibility index (Phi) is 2.37. The third-order valence-corrected chi connectivity index (χ3v) is 4.93. The summed E-state index contributed by atoms with van der Waals surface area (Å²) in [6.07, 6.45) is 16.8. The van der Waals surface area contributed by atoms with Crippen LogP contribution >= 0.6 is 0 Å². The van der Waals surface area contributed by atoms with Gasteiger partial charge in [-0.15, -0.1) is 0 Å². The van der Waals surface area contributed by atoms with Crippen molar-refractivity contribution in [2.24, 2.45) is 9.98 Å². The summed E-state index contributed by atoms with van der Waals surface area (Å²) >= 11 is 0. The Morgan fingerprint density at radius 2 is 1.16 bits per heavy atom. The highest BCUT2D eigenvalue weighted by molar-refractivity contribution is 6.20. The van der Waals surface area contributed by atoms with Crippen molar-refractivity contribution in [1.82, 2.24) is 9.13 Å². The van der Waals surface area contributed by atoms with E-state index in [1.54, 1.807) is 0 Å². The molecule has 0 unspecified atom stereocenters. The van der Waals surface area contributed by atoms with Gasteiger partial charge in [0.2, 0.25) is 0 Å². The smallest absolute Gasteiger partial charge is 0.0999 e. The van der Waals surface area contributed by atoms with Crippen molar-refractivity contribution < 1.29 is 0 Å². The van der Waals surface area contributed by atoms with Crippen LogP contribution in [0.3, 0.4) is 0 Å². The van der Waals surface area contributed by atoms with Crippen molar-refractivity contribution in [3.05, 3.63) is 82.0 Å². The van der Waals surface area contributed by atoms with Crippen molar-refractivity contribution in [2.75, 3.05) is 0 Å². The highest BCUT2D eigenvalue weighted by atomic mass is 15.2. The first kappa shape index (κ1) is 13.0. The number of nitrogens with zero attached hydrogens (tertiary/aromatic N) is 4. The van der Waals surface area contributed by atoms with Crippen LogP contribution in [-0.4, -0.2) is 20.6 Å². The SMILES string of the molecule is C1=C/C2=C/c3ccc4n3Cn3/c(cc/c3=C/C3=NC(=C\4)/C=C3)=C\C1=N2. The molecular formula is C21H14N4. The van der Waals surface area contributed by atoms with Crippen molar-refractivity contribution >= 4 is 35.7 Å². The first-order valence-corrected chi connectivity index (χ1v) is 8.37. The van der Waals surface area contributed by atoms with Gasteiger partial charge in [0.1, 0.15) is 0 Å². The van der Waals surface area contributed by atoms with Gasteiger partial charge in [-0.25, -0.2) is 9.98 Å². The van der Waals surface area contributed by atoms with E-state index in [0.29, 0.717) is 0 Å². The van der Waals surface area contributed by atoms with Gasteiger partial charge in [0.15, 0.2) is 0 Å². The Bertz CT molecular complexity index is 1160. The number of hydrogen-bond acceptors (Lipinski definition) is 2. The van der Waals surface area contributed by atoms with E-state index in [0.717, 1.165) is 51.6 Å². The largest absolute Gasteiger partial charge is 0.323 e. The second-order valence-electron chi connectivity index (χ2n) is 6.53. The van der Waals surface area contributed by atoms with Gasteiger partial charge in [-0.3, -0.25) is 0 Å². The molecule has 6 bridgehead atoms. The van der Waals surface area contributed by atoms with Crippen LogP contribution in [0.4, 0.5) is 0 Å². The maximum atomic E-state index is 4.72. The molecule has 0 radical (unpaired) electrons. The summed E-state index contributed by atoms with van der Waals surface area (Å²) in [5.41, 5.74) is 6.26. The number of allylic oxidation sites excluding steroid dienone is 4. The van der Waals surface area contributed by atoms with Gasteiger partial charge in [0.25, 0.3) is 0 Å². The fourth-order valence-electron chi connectivity index (χ4n) is 3.69. The fraction of sp³-hybridized carbons (Fsp3) is 0.0476. The van der Waals surface area contributed by atoms with E-state index in [1.807, 2.05) is 0 Å². The molecule has 0 amide bonds. The Hall–Kier alpha value is -3.40. The Morgan fingerprint density at radius 1 is 0.600 bits per heavy atom. The highest BCUT2D eigenvalue weighted by Gasteiger charge is 2.14. The summed E-state index contributed by atoms with van der Waals surface area (Å²) in [6.45, 7) is 0.760. The van der Waals surface area contributed by atoms with Crippen molar-refractivity contribution in [3.63, 3.8) is 0 Å². The number of hydrogen-bond donors (Lipinski definition) is 0. The molecule has 0 spiro atoms. The predicted molar refractivity (Wildman–Crippen MR) is 102 cm³/mol. The third kappa shape index (κ3) is 1.94. The summed E-state index contributed by atoms with van der Waals surface area (Å²) in [6, 6.07) is 8.61. The molecule has 6 heterocycles. The number of fused-ring (bicyclic) bond motifs is 2. The van der Waals surface area contributed by atoms with Gasteiger partial charge >= 0.3 is 0 Å². The summed E-state index contributed by atoms with van der Waals surface area (Å²) in [5, 5.41) is 2.30. The molecule has 2 aromatic rings. The molecular weight excluding hydrogens is 308 g/mol. The number of aliphatic imine (C=N–C) groups is 2. The molecule has 118 valence electrons. The van der Waals surface area contributed by atoms with Crippen molar-refractivity contribution in [3.8, 4) is 0 Å². The Balaban J connectivity index is 1.79. The molecule has 2 aromatic heterocycles. The third-order valence-electron chi connectivity index (χ3n) is 4.93. The van der Waals surface area contributed by atoms with Gasteiger partial charge < -0.3 is 9.13 Å². The minimum absolute atomic E-state index is 0.760. The van der Waals surface area contributed by atoms with E-state index in [4.69, 9.17) is 9.98 Å².